The molecule has 0 bridgehead atoms. The summed E-state index contributed by atoms with van der Waals surface area (Å²) in [5.74, 6) is 0. The summed E-state index contributed by atoms with van der Waals surface area (Å²) in [6.07, 6.45) is 7.00. The van der Waals surface area contributed by atoms with E-state index in [9.17, 15) is 0 Å². The van der Waals surface area contributed by atoms with E-state index in [1.807, 2.05) is 31.7 Å². The van der Waals surface area contributed by atoms with Gasteiger partial charge in [0.15, 0.2) is 4.96 Å². The van der Waals surface area contributed by atoms with Crippen LogP contribution in [0.5, 0.6) is 0 Å². The van der Waals surface area contributed by atoms with Crippen molar-refractivity contribution in [3.8, 4) is 0 Å². The molecular formula is C12H14N4S2. The summed E-state index contributed by atoms with van der Waals surface area (Å²) in [4.78, 5) is 11.3. The van der Waals surface area contributed by atoms with Crippen molar-refractivity contribution in [1.82, 2.24) is 19.7 Å². The monoisotopic (exact) mass is 278 g/mol. The van der Waals surface area contributed by atoms with Crippen LogP contribution in [0.2, 0.25) is 0 Å². The van der Waals surface area contributed by atoms with Gasteiger partial charge in [-0.05, 0) is 14.0 Å². The molecule has 3 aromatic rings. The first-order chi connectivity index (χ1) is 8.76. The third kappa shape index (κ3) is 2.19. The average molecular weight is 278 g/mol. The predicted molar refractivity (Wildman–Crippen MR) is 75.4 cm³/mol. The lowest BCUT2D eigenvalue weighted by Crippen LogP contribution is -2.17. The largest absolute Gasteiger partial charge is 0.312 e. The fraction of sp³-hybridized carbons (Fsp3) is 0.333. The van der Waals surface area contributed by atoms with Crippen LogP contribution >= 0.6 is 22.7 Å². The number of fused-ring (bicyclic) bond motifs is 1. The van der Waals surface area contributed by atoms with Gasteiger partial charge in [0.05, 0.1) is 10.7 Å². The average Bonchev–Trinajstić information content (AvgIpc) is 3.00. The Hall–Kier alpha value is -1.24. The zero-order chi connectivity index (χ0) is 12.5. The number of hydrogen-bond acceptors (Lipinski definition) is 5. The molecule has 0 saturated heterocycles. The Morgan fingerprint density at radius 2 is 2.39 bits per heavy atom. The summed E-state index contributed by atoms with van der Waals surface area (Å²) in [6.45, 7) is 2.04. The van der Waals surface area contributed by atoms with Crippen molar-refractivity contribution in [1.29, 1.82) is 0 Å². The third-order valence-electron chi connectivity index (χ3n) is 2.89. The van der Waals surface area contributed by atoms with Crippen LogP contribution in [0.25, 0.3) is 4.96 Å². The van der Waals surface area contributed by atoms with Gasteiger partial charge in [0, 0.05) is 41.3 Å². The lowest BCUT2D eigenvalue weighted by molar-refractivity contribution is 0.595. The first-order valence-electron chi connectivity index (χ1n) is 5.77. The van der Waals surface area contributed by atoms with Crippen molar-refractivity contribution in [3.63, 3.8) is 0 Å². The number of aryl methyl sites for hydroxylation is 1. The van der Waals surface area contributed by atoms with Gasteiger partial charge in [-0.3, -0.25) is 4.40 Å². The van der Waals surface area contributed by atoms with E-state index in [1.54, 1.807) is 22.7 Å². The van der Waals surface area contributed by atoms with Crippen LogP contribution in [-0.2, 0) is 6.42 Å². The topological polar surface area (TPSA) is 42.2 Å². The molecular weight excluding hydrogens is 264 g/mol. The minimum Gasteiger partial charge on any atom is -0.312 e. The van der Waals surface area contributed by atoms with Gasteiger partial charge in [-0.25, -0.2) is 9.97 Å². The molecule has 1 N–H and O–H groups in total. The normalized spacial score (nSPS) is 13.2. The highest BCUT2D eigenvalue weighted by atomic mass is 32.1. The summed E-state index contributed by atoms with van der Waals surface area (Å²) < 4.78 is 2.07. The molecule has 0 aliphatic rings. The maximum absolute atomic E-state index is 4.62. The molecule has 3 heterocycles. The van der Waals surface area contributed by atoms with E-state index in [4.69, 9.17) is 0 Å². The van der Waals surface area contributed by atoms with Crippen molar-refractivity contribution in [2.24, 2.45) is 0 Å². The van der Waals surface area contributed by atoms with Gasteiger partial charge in [-0.1, -0.05) is 0 Å². The second-order valence-electron chi connectivity index (χ2n) is 4.15. The fourth-order valence-electron chi connectivity index (χ4n) is 1.97. The van der Waals surface area contributed by atoms with Crippen molar-refractivity contribution in [2.45, 2.75) is 19.4 Å². The smallest absolute Gasteiger partial charge is 0.193 e. The summed E-state index contributed by atoms with van der Waals surface area (Å²) in [7, 11) is 1.98. The predicted octanol–water partition coefficient (Wildman–Crippen LogP) is 2.66. The van der Waals surface area contributed by atoms with Crippen LogP contribution in [0.1, 0.15) is 21.6 Å². The minimum absolute atomic E-state index is 0.292. The number of imidazole rings is 1. The molecule has 0 spiro atoms. The lowest BCUT2D eigenvalue weighted by Gasteiger charge is -2.11. The quantitative estimate of drug-likeness (QED) is 0.798. The molecule has 0 radical (unpaired) electrons. The van der Waals surface area contributed by atoms with Crippen molar-refractivity contribution in [3.05, 3.63) is 39.5 Å². The Balaban J connectivity index is 1.83. The van der Waals surface area contributed by atoms with Crippen molar-refractivity contribution in [2.75, 3.05) is 7.05 Å². The summed E-state index contributed by atoms with van der Waals surface area (Å²) in [6, 6.07) is 0.292. The molecule has 0 saturated carbocycles. The zero-order valence-corrected chi connectivity index (χ0v) is 11.9. The molecule has 18 heavy (non-hydrogen) atoms. The number of thiazole rings is 2. The van der Waals surface area contributed by atoms with E-state index in [-0.39, 0.29) is 0 Å². The van der Waals surface area contributed by atoms with Gasteiger partial charge in [0.25, 0.3) is 0 Å². The summed E-state index contributed by atoms with van der Waals surface area (Å²) >= 11 is 3.41. The first-order valence-corrected chi connectivity index (χ1v) is 7.46. The van der Waals surface area contributed by atoms with Gasteiger partial charge in [-0.15, -0.1) is 22.7 Å². The number of hydrogen-bond donors (Lipinski definition) is 1. The van der Waals surface area contributed by atoms with Crippen molar-refractivity contribution >= 4 is 27.6 Å². The number of nitrogens with zero attached hydrogens (tertiary/aromatic N) is 3. The first kappa shape index (κ1) is 11.8. The Morgan fingerprint density at radius 1 is 1.50 bits per heavy atom. The second kappa shape index (κ2) is 4.79. The van der Waals surface area contributed by atoms with Gasteiger partial charge in [0.2, 0.25) is 0 Å². The Kier molecular flexibility index (Phi) is 3.15. The zero-order valence-electron chi connectivity index (χ0n) is 10.3. The van der Waals surface area contributed by atoms with E-state index >= 15 is 0 Å². The van der Waals surface area contributed by atoms with E-state index in [0.29, 0.717) is 6.04 Å². The molecule has 0 amide bonds. The van der Waals surface area contributed by atoms with Crippen LogP contribution < -0.4 is 5.32 Å². The van der Waals surface area contributed by atoms with Crippen molar-refractivity contribution < 1.29 is 0 Å². The van der Waals surface area contributed by atoms with Gasteiger partial charge >= 0.3 is 0 Å². The van der Waals surface area contributed by atoms with E-state index in [0.717, 1.165) is 22.1 Å². The lowest BCUT2D eigenvalue weighted by atomic mass is 10.1. The molecule has 3 aromatic heterocycles. The fourth-order valence-corrected chi connectivity index (χ4v) is 3.58. The maximum Gasteiger partial charge on any atom is 0.193 e. The Morgan fingerprint density at radius 3 is 3.06 bits per heavy atom. The van der Waals surface area contributed by atoms with Crippen LogP contribution in [0.4, 0.5) is 0 Å². The van der Waals surface area contributed by atoms with Gasteiger partial charge < -0.3 is 5.32 Å². The second-order valence-corrected chi connectivity index (χ2v) is 6.29. The van der Waals surface area contributed by atoms with E-state index in [2.05, 4.69) is 25.9 Å². The van der Waals surface area contributed by atoms with E-state index < -0.39 is 0 Å². The number of likely N-dealkylation sites (N-methyl/N-ethyl adjacent to an activating group) is 1. The highest BCUT2D eigenvalue weighted by Gasteiger charge is 2.15. The molecule has 0 aliphatic carbocycles. The molecule has 4 nitrogen and oxygen atoms in total. The molecule has 0 aromatic carbocycles. The van der Waals surface area contributed by atoms with Gasteiger partial charge in [0.1, 0.15) is 0 Å². The van der Waals surface area contributed by atoms with Crippen LogP contribution in [-0.4, -0.2) is 21.4 Å². The third-order valence-corrected chi connectivity index (χ3v) is 4.68. The summed E-state index contributed by atoms with van der Waals surface area (Å²) in [5, 5.41) is 6.50. The van der Waals surface area contributed by atoms with Crippen LogP contribution in [0.3, 0.4) is 0 Å². The SMILES string of the molecule is CNC(Cc1cn2ccsc2n1)c1cnc(C)s1. The standard InChI is InChI=1S/C12H14N4S2/c1-8-14-6-11(18-8)10(13-2)5-9-7-16-3-4-17-12(16)15-9/h3-4,6-7,10,13H,5H2,1-2H3. The highest BCUT2D eigenvalue weighted by molar-refractivity contribution is 7.15. The Labute approximate surface area is 113 Å². The maximum atomic E-state index is 4.62. The molecule has 94 valence electrons. The molecule has 0 aliphatic heterocycles. The summed E-state index contributed by atoms with van der Waals surface area (Å²) in [5.41, 5.74) is 1.12. The van der Waals surface area contributed by atoms with E-state index in [1.165, 1.54) is 4.88 Å². The molecule has 0 fully saturated rings. The van der Waals surface area contributed by atoms with Crippen LogP contribution in [0.15, 0.2) is 24.0 Å². The molecule has 1 atom stereocenters. The Bertz CT molecular complexity index is 623. The molecule has 1 unspecified atom stereocenters. The number of rotatable bonds is 4. The minimum atomic E-state index is 0.292. The van der Waals surface area contributed by atoms with Crippen LogP contribution in [0, 0.1) is 6.92 Å². The molecule has 3 rings (SSSR count). The number of aromatic nitrogens is 3. The highest BCUT2D eigenvalue weighted by Crippen LogP contribution is 2.24. The number of nitrogens with one attached hydrogen (secondary N) is 1. The molecule has 6 heteroatoms. The van der Waals surface area contributed by atoms with Gasteiger partial charge in [-0.2, -0.15) is 0 Å².